The first-order valence-corrected chi connectivity index (χ1v) is 11.3. The molecule has 0 atom stereocenters. The standard InChI is InChI=1S/C22H21NO6S/c1-2-30(26,27)23-10-9-15-11-16(7-8-19(15)23)20(24)14-29-22(25)18-12-17-5-3-4-6-21(17)28-13-18/h3-8,11-12H,2,9-10,13-14H2,1H3. The summed E-state index contributed by atoms with van der Waals surface area (Å²) in [5.74, 6) is -0.227. The second-order valence-corrected chi connectivity index (χ2v) is 9.24. The van der Waals surface area contributed by atoms with Gasteiger partial charge >= 0.3 is 5.97 Å². The number of esters is 1. The maximum absolute atomic E-state index is 12.5. The minimum atomic E-state index is -3.34. The maximum Gasteiger partial charge on any atom is 0.337 e. The van der Waals surface area contributed by atoms with Crippen LogP contribution in [0.5, 0.6) is 5.75 Å². The van der Waals surface area contributed by atoms with Gasteiger partial charge in [-0.25, -0.2) is 13.2 Å². The second-order valence-electron chi connectivity index (χ2n) is 7.06. The first kappa shape index (κ1) is 20.2. The lowest BCUT2D eigenvalue weighted by Crippen LogP contribution is -2.30. The van der Waals surface area contributed by atoms with Gasteiger partial charge in [0.05, 0.1) is 17.0 Å². The summed E-state index contributed by atoms with van der Waals surface area (Å²) in [7, 11) is -3.34. The van der Waals surface area contributed by atoms with Gasteiger partial charge in [0.15, 0.2) is 12.4 Å². The van der Waals surface area contributed by atoms with Crippen LogP contribution in [0.4, 0.5) is 5.69 Å². The summed E-state index contributed by atoms with van der Waals surface area (Å²) in [4.78, 5) is 24.8. The number of hydrogen-bond acceptors (Lipinski definition) is 6. The van der Waals surface area contributed by atoms with Crippen LogP contribution in [-0.2, 0) is 26.0 Å². The van der Waals surface area contributed by atoms with Crippen molar-refractivity contribution in [3.8, 4) is 5.75 Å². The number of carbonyl (C=O) groups is 2. The predicted molar refractivity (Wildman–Crippen MR) is 112 cm³/mol. The summed E-state index contributed by atoms with van der Waals surface area (Å²) in [5, 5.41) is 0. The molecular weight excluding hydrogens is 406 g/mol. The van der Waals surface area contributed by atoms with Crippen molar-refractivity contribution >= 4 is 33.5 Å². The van der Waals surface area contributed by atoms with Gasteiger partial charge in [0, 0.05) is 17.7 Å². The third-order valence-corrected chi connectivity index (χ3v) is 6.96. The van der Waals surface area contributed by atoms with Crippen molar-refractivity contribution in [1.29, 1.82) is 0 Å². The SMILES string of the molecule is CCS(=O)(=O)N1CCc2cc(C(=O)COC(=O)C3=Cc4ccccc4OC3)ccc21. The van der Waals surface area contributed by atoms with Crippen LogP contribution < -0.4 is 9.04 Å². The van der Waals surface area contributed by atoms with Gasteiger partial charge in [-0.15, -0.1) is 0 Å². The first-order chi connectivity index (χ1) is 14.4. The van der Waals surface area contributed by atoms with E-state index in [1.807, 2.05) is 24.3 Å². The van der Waals surface area contributed by atoms with E-state index >= 15 is 0 Å². The Hall–Kier alpha value is -3.13. The summed E-state index contributed by atoms with van der Waals surface area (Å²) in [6, 6.07) is 12.2. The molecule has 0 radical (unpaired) electrons. The fourth-order valence-corrected chi connectivity index (χ4v) is 4.69. The van der Waals surface area contributed by atoms with Gasteiger partial charge in [0.2, 0.25) is 10.0 Å². The lowest BCUT2D eigenvalue weighted by atomic mass is 10.1. The number of ether oxygens (including phenoxy) is 2. The number of ketones is 1. The molecule has 0 bridgehead atoms. The van der Waals surface area contributed by atoms with E-state index in [2.05, 4.69) is 0 Å². The number of sulfonamides is 1. The van der Waals surface area contributed by atoms with Gasteiger partial charge < -0.3 is 9.47 Å². The summed E-state index contributed by atoms with van der Waals surface area (Å²) in [6.45, 7) is 1.66. The number of para-hydroxylation sites is 1. The van der Waals surface area contributed by atoms with E-state index in [4.69, 9.17) is 9.47 Å². The molecule has 0 unspecified atom stereocenters. The first-order valence-electron chi connectivity index (χ1n) is 9.65. The number of nitrogens with zero attached hydrogens (tertiary/aromatic N) is 1. The highest BCUT2D eigenvalue weighted by molar-refractivity contribution is 7.92. The molecule has 30 heavy (non-hydrogen) atoms. The summed E-state index contributed by atoms with van der Waals surface area (Å²) < 4.78 is 36.4. The van der Waals surface area contributed by atoms with Gasteiger partial charge in [0.25, 0.3) is 0 Å². The Labute approximate surface area is 175 Å². The summed E-state index contributed by atoms with van der Waals surface area (Å²) >= 11 is 0. The van der Waals surface area contributed by atoms with Gasteiger partial charge in [-0.3, -0.25) is 9.10 Å². The average molecular weight is 427 g/mol. The monoisotopic (exact) mass is 427 g/mol. The quantitative estimate of drug-likeness (QED) is 0.520. The van der Waals surface area contributed by atoms with Crippen molar-refractivity contribution in [2.45, 2.75) is 13.3 Å². The molecule has 2 aliphatic heterocycles. The van der Waals surface area contributed by atoms with Gasteiger partial charge in [0.1, 0.15) is 12.4 Å². The van der Waals surface area contributed by atoms with E-state index in [-0.39, 0.29) is 18.1 Å². The Morgan fingerprint density at radius 2 is 1.97 bits per heavy atom. The Morgan fingerprint density at radius 1 is 1.17 bits per heavy atom. The fourth-order valence-electron chi connectivity index (χ4n) is 3.53. The van der Waals surface area contributed by atoms with E-state index in [9.17, 15) is 18.0 Å². The molecular formula is C22H21NO6S. The van der Waals surface area contributed by atoms with E-state index in [0.717, 1.165) is 11.1 Å². The van der Waals surface area contributed by atoms with Crippen molar-refractivity contribution < 1.29 is 27.5 Å². The molecule has 7 nitrogen and oxygen atoms in total. The van der Waals surface area contributed by atoms with Crippen molar-refractivity contribution in [3.05, 3.63) is 64.7 Å². The molecule has 2 aliphatic rings. The zero-order chi connectivity index (χ0) is 21.3. The normalized spacial score (nSPS) is 15.0. The van der Waals surface area contributed by atoms with Crippen LogP contribution in [0.1, 0.15) is 28.4 Å². The van der Waals surface area contributed by atoms with Crippen LogP contribution in [0.15, 0.2) is 48.0 Å². The van der Waals surface area contributed by atoms with Crippen LogP contribution in [0.25, 0.3) is 6.08 Å². The molecule has 2 aromatic rings. The number of fused-ring (bicyclic) bond motifs is 2. The molecule has 0 aliphatic carbocycles. The van der Waals surface area contributed by atoms with E-state index in [1.165, 1.54) is 4.31 Å². The summed E-state index contributed by atoms with van der Waals surface area (Å²) in [6.07, 6.45) is 2.24. The molecule has 0 spiro atoms. The number of carbonyl (C=O) groups excluding carboxylic acids is 2. The highest BCUT2D eigenvalue weighted by Crippen LogP contribution is 2.31. The number of benzene rings is 2. The van der Waals surface area contributed by atoms with Gasteiger partial charge in [-0.1, -0.05) is 18.2 Å². The molecule has 0 saturated carbocycles. The lowest BCUT2D eigenvalue weighted by Gasteiger charge is -2.18. The third kappa shape index (κ3) is 3.82. The van der Waals surface area contributed by atoms with Gasteiger partial charge in [-0.2, -0.15) is 0 Å². The van der Waals surface area contributed by atoms with Crippen LogP contribution >= 0.6 is 0 Å². The topological polar surface area (TPSA) is 90.0 Å². The second kappa shape index (κ2) is 7.95. The van der Waals surface area contributed by atoms with Crippen molar-refractivity contribution in [3.63, 3.8) is 0 Å². The zero-order valence-electron chi connectivity index (χ0n) is 16.5. The highest BCUT2D eigenvalue weighted by atomic mass is 32.2. The Morgan fingerprint density at radius 3 is 2.77 bits per heavy atom. The molecule has 0 aromatic heterocycles. The molecule has 0 amide bonds. The Bertz CT molecular complexity index is 1150. The van der Waals surface area contributed by atoms with Crippen LogP contribution in [0, 0.1) is 0 Å². The Balaban J connectivity index is 1.42. The molecule has 4 rings (SSSR count). The Kier molecular flexibility index (Phi) is 5.34. The minimum Gasteiger partial charge on any atom is -0.488 e. The molecule has 0 N–H and O–H groups in total. The van der Waals surface area contributed by atoms with Crippen LogP contribution in [0.3, 0.4) is 0 Å². The smallest absolute Gasteiger partial charge is 0.337 e. The summed E-state index contributed by atoms with van der Waals surface area (Å²) in [5.41, 5.74) is 2.91. The number of rotatable bonds is 6. The number of anilines is 1. The predicted octanol–water partition coefficient (Wildman–Crippen LogP) is 2.60. The molecule has 8 heteroatoms. The van der Waals surface area contributed by atoms with E-state index in [0.29, 0.717) is 35.5 Å². The molecule has 2 aromatic carbocycles. The van der Waals surface area contributed by atoms with E-state index in [1.54, 1.807) is 31.2 Å². The molecule has 0 saturated heterocycles. The third-order valence-electron chi connectivity index (χ3n) is 5.18. The van der Waals surface area contributed by atoms with Gasteiger partial charge in [-0.05, 0) is 49.2 Å². The van der Waals surface area contributed by atoms with Crippen molar-refractivity contribution in [2.24, 2.45) is 0 Å². The largest absolute Gasteiger partial charge is 0.488 e. The number of hydrogen-bond donors (Lipinski definition) is 0. The maximum atomic E-state index is 12.5. The van der Waals surface area contributed by atoms with Crippen LogP contribution in [-0.4, -0.2) is 45.7 Å². The van der Waals surface area contributed by atoms with Crippen molar-refractivity contribution in [1.82, 2.24) is 0 Å². The lowest BCUT2D eigenvalue weighted by molar-refractivity contribution is -0.138. The van der Waals surface area contributed by atoms with Crippen LogP contribution in [0.2, 0.25) is 0 Å². The molecule has 2 heterocycles. The average Bonchev–Trinajstić information content (AvgIpc) is 3.21. The molecule has 156 valence electrons. The van der Waals surface area contributed by atoms with E-state index < -0.39 is 22.6 Å². The fraction of sp³-hybridized carbons (Fsp3) is 0.273. The molecule has 0 fully saturated rings. The number of Topliss-reactive ketones (excluding diaryl/α,β-unsaturated/α-hetero) is 1. The minimum absolute atomic E-state index is 0.0209. The van der Waals surface area contributed by atoms with Crippen molar-refractivity contribution in [2.75, 3.05) is 29.8 Å². The zero-order valence-corrected chi connectivity index (χ0v) is 17.3. The highest BCUT2D eigenvalue weighted by Gasteiger charge is 2.28.